The molecule has 2 rings (SSSR count). The Morgan fingerprint density at radius 1 is 1.38 bits per heavy atom. The van der Waals surface area contributed by atoms with Crippen LogP contribution in [0.3, 0.4) is 0 Å². The Balaban J connectivity index is 2.07. The first-order valence-electron chi connectivity index (χ1n) is 6.86. The van der Waals surface area contributed by atoms with Gasteiger partial charge in [0.1, 0.15) is 0 Å². The Labute approximate surface area is 129 Å². The maximum Gasteiger partial charge on any atom is 0.251 e. The second kappa shape index (κ2) is 6.54. The van der Waals surface area contributed by atoms with Gasteiger partial charge in [-0.1, -0.05) is 11.6 Å². The van der Waals surface area contributed by atoms with Crippen LogP contribution >= 0.6 is 11.6 Å². The number of aliphatic hydroxyl groups is 1. The summed E-state index contributed by atoms with van der Waals surface area (Å²) in [5, 5.41) is 12.3. The number of carbonyl (C=O) groups excluding carboxylic acids is 1. The lowest BCUT2D eigenvalue weighted by molar-refractivity contribution is 0.0940. The van der Waals surface area contributed by atoms with Gasteiger partial charge in [-0.2, -0.15) is 0 Å². The highest BCUT2D eigenvalue weighted by molar-refractivity contribution is 6.32. The van der Waals surface area contributed by atoms with Crippen LogP contribution in [0.25, 0.3) is 0 Å². The molecule has 0 bridgehead atoms. The van der Waals surface area contributed by atoms with E-state index in [2.05, 4.69) is 5.32 Å². The van der Waals surface area contributed by atoms with Gasteiger partial charge < -0.3 is 19.9 Å². The van der Waals surface area contributed by atoms with Gasteiger partial charge in [0.05, 0.1) is 19.2 Å². The Bertz CT molecular complexity index is 529. The van der Waals surface area contributed by atoms with Crippen molar-refractivity contribution in [3.8, 4) is 11.5 Å². The number of ether oxygens (including phenoxy) is 2. The molecule has 1 aromatic rings. The first kappa shape index (κ1) is 15.9. The summed E-state index contributed by atoms with van der Waals surface area (Å²) in [4.78, 5) is 12.2. The van der Waals surface area contributed by atoms with Gasteiger partial charge in [0.25, 0.3) is 5.91 Å². The summed E-state index contributed by atoms with van der Waals surface area (Å²) in [7, 11) is 2.99. The van der Waals surface area contributed by atoms with Gasteiger partial charge in [0.2, 0.25) is 0 Å². The lowest BCUT2D eigenvalue weighted by atomic mass is 10.0. The second-order valence-electron chi connectivity index (χ2n) is 5.35. The summed E-state index contributed by atoms with van der Waals surface area (Å²) in [5.74, 6) is 0.628. The minimum absolute atomic E-state index is 0.0742. The molecular formula is C15H20ClNO4. The van der Waals surface area contributed by atoms with Gasteiger partial charge in [-0.3, -0.25) is 4.79 Å². The Hall–Kier alpha value is -1.46. The quantitative estimate of drug-likeness (QED) is 0.810. The average molecular weight is 314 g/mol. The molecule has 0 radical (unpaired) electrons. The average Bonchev–Trinajstić information content (AvgIpc) is 3.24. The Morgan fingerprint density at radius 3 is 2.62 bits per heavy atom. The fraction of sp³-hybridized carbons (Fsp3) is 0.533. The third-order valence-electron chi connectivity index (χ3n) is 3.92. The molecule has 0 heterocycles. The van der Waals surface area contributed by atoms with Crippen molar-refractivity contribution in [2.75, 3.05) is 27.4 Å². The monoisotopic (exact) mass is 313 g/mol. The molecule has 21 heavy (non-hydrogen) atoms. The topological polar surface area (TPSA) is 67.8 Å². The van der Waals surface area contributed by atoms with Crippen molar-refractivity contribution < 1.29 is 19.4 Å². The fourth-order valence-corrected chi connectivity index (χ4v) is 2.64. The molecule has 0 saturated heterocycles. The number of amides is 1. The molecule has 0 aliphatic heterocycles. The van der Waals surface area contributed by atoms with Crippen molar-refractivity contribution in [3.63, 3.8) is 0 Å². The number of hydrogen-bond acceptors (Lipinski definition) is 4. The molecule has 5 nitrogen and oxygen atoms in total. The zero-order valence-electron chi connectivity index (χ0n) is 12.2. The van der Waals surface area contributed by atoms with Crippen molar-refractivity contribution in [2.45, 2.75) is 19.3 Å². The zero-order valence-corrected chi connectivity index (χ0v) is 13.0. The van der Waals surface area contributed by atoms with E-state index in [9.17, 15) is 4.79 Å². The van der Waals surface area contributed by atoms with Crippen LogP contribution < -0.4 is 14.8 Å². The second-order valence-corrected chi connectivity index (χ2v) is 5.76. The lowest BCUT2D eigenvalue weighted by Crippen LogP contribution is -2.30. The van der Waals surface area contributed by atoms with Gasteiger partial charge in [0, 0.05) is 18.7 Å². The SMILES string of the molecule is COc1cc(C(=O)NCC2(CCO)CC2)cc(Cl)c1OC. The minimum Gasteiger partial charge on any atom is -0.493 e. The first-order chi connectivity index (χ1) is 10.0. The predicted octanol–water partition coefficient (Wildman–Crippen LogP) is 2.25. The minimum atomic E-state index is -0.206. The largest absolute Gasteiger partial charge is 0.493 e. The van der Waals surface area contributed by atoms with Crippen LogP contribution in [0, 0.1) is 5.41 Å². The molecule has 2 N–H and O–H groups in total. The van der Waals surface area contributed by atoms with E-state index in [0.29, 0.717) is 28.6 Å². The van der Waals surface area contributed by atoms with E-state index in [-0.39, 0.29) is 17.9 Å². The molecule has 6 heteroatoms. The Morgan fingerprint density at radius 2 is 2.10 bits per heavy atom. The van der Waals surface area contributed by atoms with E-state index >= 15 is 0 Å². The van der Waals surface area contributed by atoms with E-state index in [0.717, 1.165) is 19.3 Å². The molecule has 1 aliphatic carbocycles. The molecule has 1 amide bonds. The van der Waals surface area contributed by atoms with E-state index in [4.69, 9.17) is 26.2 Å². The van der Waals surface area contributed by atoms with Crippen molar-refractivity contribution in [3.05, 3.63) is 22.7 Å². The number of methoxy groups -OCH3 is 2. The first-order valence-corrected chi connectivity index (χ1v) is 7.23. The summed E-state index contributed by atoms with van der Waals surface area (Å²) >= 11 is 6.09. The van der Waals surface area contributed by atoms with Crippen molar-refractivity contribution in [1.82, 2.24) is 5.32 Å². The molecule has 1 aromatic carbocycles. The molecular weight excluding hydrogens is 294 g/mol. The lowest BCUT2D eigenvalue weighted by Gasteiger charge is -2.15. The third-order valence-corrected chi connectivity index (χ3v) is 4.20. The van der Waals surface area contributed by atoms with Crippen LogP contribution in [0.1, 0.15) is 29.6 Å². The highest BCUT2D eigenvalue weighted by Gasteiger charge is 2.41. The summed E-state index contributed by atoms with van der Waals surface area (Å²) in [6.45, 7) is 0.719. The molecule has 1 saturated carbocycles. The maximum absolute atomic E-state index is 12.2. The standard InChI is InChI=1S/C15H20ClNO4/c1-20-12-8-10(7-11(16)13(12)21-2)14(19)17-9-15(3-4-15)5-6-18/h7-8,18H,3-6,9H2,1-2H3,(H,17,19). The molecule has 0 aromatic heterocycles. The molecule has 116 valence electrons. The van der Waals surface area contributed by atoms with Gasteiger partial charge in [-0.15, -0.1) is 0 Å². The number of nitrogens with one attached hydrogen (secondary N) is 1. The summed E-state index contributed by atoms with van der Waals surface area (Å²) in [5.41, 5.74) is 0.502. The van der Waals surface area contributed by atoms with Gasteiger partial charge >= 0.3 is 0 Å². The highest BCUT2D eigenvalue weighted by Crippen LogP contribution is 2.48. The number of hydrogen-bond donors (Lipinski definition) is 2. The number of halogens is 1. The molecule has 0 spiro atoms. The predicted molar refractivity (Wildman–Crippen MR) is 80.3 cm³/mol. The van der Waals surface area contributed by atoms with Crippen LogP contribution in [0.2, 0.25) is 5.02 Å². The van der Waals surface area contributed by atoms with Gasteiger partial charge in [-0.05, 0) is 36.8 Å². The van der Waals surface area contributed by atoms with Gasteiger partial charge in [0.15, 0.2) is 11.5 Å². The van der Waals surface area contributed by atoms with E-state index in [1.165, 1.54) is 14.2 Å². The van der Waals surface area contributed by atoms with Crippen LogP contribution in [0.4, 0.5) is 0 Å². The van der Waals surface area contributed by atoms with E-state index < -0.39 is 0 Å². The molecule has 1 aliphatic rings. The number of aliphatic hydroxyl groups excluding tert-OH is 1. The van der Waals surface area contributed by atoms with Crippen LogP contribution in [0.5, 0.6) is 11.5 Å². The van der Waals surface area contributed by atoms with E-state index in [1.807, 2.05) is 0 Å². The van der Waals surface area contributed by atoms with Crippen LogP contribution in [0.15, 0.2) is 12.1 Å². The van der Waals surface area contributed by atoms with Crippen LogP contribution in [-0.4, -0.2) is 38.4 Å². The zero-order chi connectivity index (χ0) is 15.5. The number of benzene rings is 1. The number of rotatable bonds is 7. The smallest absolute Gasteiger partial charge is 0.251 e. The van der Waals surface area contributed by atoms with Crippen molar-refractivity contribution in [1.29, 1.82) is 0 Å². The van der Waals surface area contributed by atoms with Crippen LogP contribution in [-0.2, 0) is 0 Å². The fourth-order valence-electron chi connectivity index (χ4n) is 2.35. The van der Waals surface area contributed by atoms with Crippen molar-refractivity contribution >= 4 is 17.5 Å². The van der Waals surface area contributed by atoms with Crippen molar-refractivity contribution in [2.24, 2.45) is 5.41 Å². The third kappa shape index (κ3) is 3.60. The van der Waals surface area contributed by atoms with Gasteiger partial charge in [-0.25, -0.2) is 0 Å². The number of carbonyl (C=O) groups is 1. The Kier molecular flexibility index (Phi) is 4.96. The normalized spacial score (nSPS) is 15.4. The molecule has 0 atom stereocenters. The summed E-state index contributed by atoms with van der Waals surface area (Å²) < 4.78 is 10.3. The molecule has 1 fully saturated rings. The summed E-state index contributed by atoms with van der Waals surface area (Å²) in [6.07, 6.45) is 2.81. The van der Waals surface area contributed by atoms with E-state index in [1.54, 1.807) is 12.1 Å². The maximum atomic E-state index is 12.2. The summed E-state index contributed by atoms with van der Waals surface area (Å²) in [6, 6.07) is 3.16. The highest BCUT2D eigenvalue weighted by atomic mass is 35.5. The molecule has 0 unspecified atom stereocenters.